The third-order valence-corrected chi connectivity index (χ3v) is 2.36. The summed E-state index contributed by atoms with van der Waals surface area (Å²) < 4.78 is 4.86. The first-order valence-corrected chi connectivity index (χ1v) is 5.70. The number of methoxy groups -OCH3 is 1. The van der Waals surface area contributed by atoms with Crippen LogP contribution in [0.4, 0.5) is 0 Å². The fourth-order valence-corrected chi connectivity index (χ4v) is 1.31. The maximum atomic E-state index is 10.4. The number of hydrogen-bond acceptors (Lipinski definition) is 3. The first-order chi connectivity index (χ1) is 9.54. The molecule has 0 bridgehead atoms. The Morgan fingerprint density at radius 2 is 1.25 bits per heavy atom. The largest absolute Gasteiger partial charge is 0.497 e. The Labute approximate surface area is 116 Å². The van der Waals surface area contributed by atoms with E-state index in [1.165, 1.54) is 19.2 Å². The van der Waals surface area contributed by atoms with E-state index in [2.05, 4.69) is 0 Å². The molecule has 0 aliphatic rings. The van der Waals surface area contributed by atoms with E-state index >= 15 is 0 Å². The minimum Gasteiger partial charge on any atom is -0.497 e. The minimum absolute atomic E-state index is 0.269. The summed E-state index contributed by atoms with van der Waals surface area (Å²) in [5.41, 5.74) is 0.600. The molecule has 20 heavy (non-hydrogen) atoms. The van der Waals surface area contributed by atoms with Gasteiger partial charge in [0.15, 0.2) is 0 Å². The third-order valence-electron chi connectivity index (χ3n) is 2.36. The van der Waals surface area contributed by atoms with Gasteiger partial charge < -0.3 is 14.9 Å². The summed E-state index contributed by atoms with van der Waals surface area (Å²) >= 11 is 0. The molecule has 0 saturated heterocycles. The molecule has 2 N–H and O–H groups in total. The molecular formula is C15H14O5. The molecule has 0 spiro atoms. The second kappa shape index (κ2) is 7.58. The fourth-order valence-electron chi connectivity index (χ4n) is 1.31. The molecule has 0 amide bonds. The second-order valence-corrected chi connectivity index (χ2v) is 3.70. The Kier molecular flexibility index (Phi) is 5.77. The van der Waals surface area contributed by atoms with Crippen molar-refractivity contribution in [2.75, 3.05) is 7.11 Å². The monoisotopic (exact) mass is 274 g/mol. The first-order valence-electron chi connectivity index (χ1n) is 5.70. The van der Waals surface area contributed by atoms with E-state index in [1.54, 1.807) is 42.5 Å². The van der Waals surface area contributed by atoms with Crippen LogP contribution in [0.2, 0.25) is 0 Å². The van der Waals surface area contributed by atoms with Crippen molar-refractivity contribution in [3.63, 3.8) is 0 Å². The zero-order valence-electron chi connectivity index (χ0n) is 10.8. The van der Waals surface area contributed by atoms with Crippen molar-refractivity contribution in [1.82, 2.24) is 0 Å². The van der Waals surface area contributed by atoms with Crippen LogP contribution in [0.3, 0.4) is 0 Å². The van der Waals surface area contributed by atoms with Gasteiger partial charge in [-0.25, -0.2) is 9.59 Å². The van der Waals surface area contributed by atoms with Crippen LogP contribution in [0.15, 0.2) is 54.6 Å². The summed E-state index contributed by atoms with van der Waals surface area (Å²) in [6.45, 7) is 0. The normalized spacial score (nSPS) is 9.05. The van der Waals surface area contributed by atoms with Gasteiger partial charge in [-0.3, -0.25) is 0 Å². The Balaban J connectivity index is 0.000000204. The molecule has 0 saturated carbocycles. The molecular weight excluding hydrogens is 260 g/mol. The summed E-state index contributed by atoms with van der Waals surface area (Å²) in [5.74, 6) is -1.14. The van der Waals surface area contributed by atoms with Crippen LogP contribution in [-0.4, -0.2) is 29.3 Å². The lowest BCUT2D eigenvalue weighted by molar-refractivity contribution is 0.0686. The van der Waals surface area contributed by atoms with Gasteiger partial charge in [0.1, 0.15) is 5.75 Å². The molecule has 0 heterocycles. The van der Waals surface area contributed by atoms with Gasteiger partial charge in [-0.15, -0.1) is 0 Å². The molecule has 5 nitrogen and oxygen atoms in total. The van der Waals surface area contributed by atoms with Crippen LogP contribution in [-0.2, 0) is 0 Å². The van der Waals surface area contributed by atoms with Crippen LogP contribution in [0.5, 0.6) is 5.75 Å². The number of carbonyl (C=O) groups is 2. The molecule has 2 aromatic carbocycles. The van der Waals surface area contributed by atoms with Crippen LogP contribution in [0.1, 0.15) is 20.7 Å². The molecule has 0 aromatic heterocycles. The Morgan fingerprint density at radius 3 is 1.60 bits per heavy atom. The van der Waals surface area contributed by atoms with Gasteiger partial charge in [-0.2, -0.15) is 0 Å². The zero-order chi connectivity index (χ0) is 15.0. The zero-order valence-corrected chi connectivity index (χ0v) is 10.8. The molecule has 0 fully saturated rings. The van der Waals surface area contributed by atoms with Crippen LogP contribution in [0.25, 0.3) is 0 Å². The minimum atomic E-state index is -0.923. The lowest BCUT2D eigenvalue weighted by Gasteiger charge is -1.98. The molecule has 0 aliphatic heterocycles. The molecule has 0 atom stereocenters. The van der Waals surface area contributed by atoms with Crippen molar-refractivity contribution in [3.8, 4) is 5.75 Å². The van der Waals surface area contributed by atoms with Crippen molar-refractivity contribution < 1.29 is 24.5 Å². The van der Waals surface area contributed by atoms with Crippen LogP contribution < -0.4 is 4.74 Å². The maximum absolute atomic E-state index is 10.4. The van der Waals surface area contributed by atoms with Gasteiger partial charge in [0.05, 0.1) is 18.2 Å². The van der Waals surface area contributed by atoms with Gasteiger partial charge in [0.2, 0.25) is 0 Å². The highest BCUT2D eigenvalue weighted by atomic mass is 16.5. The predicted molar refractivity (Wildman–Crippen MR) is 73.4 cm³/mol. The number of aromatic carboxylic acids is 2. The highest BCUT2D eigenvalue weighted by molar-refractivity contribution is 5.87. The van der Waals surface area contributed by atoms with Crippen molar-refractivity contribution >= 4 is 11.9 Å². The summed E-state index contributed by atoms with van der Waals surface area (Å²) in [4.78, 5) is 20.6. The number of rotatable bonds is 3. The summed E-state index contributed by atoms with van der Waals surface area (Å²) in [6.07, 6.45) is 0. The van der Waals surface area contributed by atoms with Gasteiger partial charge in [0.25, 0.3) is 0 Å². The van der Waals surface area contributed by atoms with E-state index in [4.69, 9.17) is 14.9 Å². The van der Waals surface area contributed by atoms with Crippen LogP contribution >= 0.6 is 0 Å². The van der Waals surface area contributed by atoms with E-state index in [1.807, 2.05) is 0 Å². The van der Waals surface area contributed by atoms with Gasteiger partial charge >= 0.3 is 11.9 Å². The lowest BCUT2D eigenvalue weighted by atomic mass is 10.2. The molecule has 104 valence electrons. The van der Waals surface area contributed by atoms with E-state index in [0.29, 0.717) is 11.3 Å². The van der Waals surface area contributed by atoms with Crippen molar-refractivity contribution in [2.24, 2.45) is 0 Å². The highest BCUT2D eigenvalue weighted by Crippen LogP contribution is 2.10. The summed E-state index contributed by atoms with van der Waals surface area (Å²) in [7, 11) is 1.54. The summed E-state index contributed by atoms with van der Waals surface area (Å²) in [5, 5.41) is 16.9. The maximum Gasteiger partial charge on any atom is 0.335 e. The van der Waals surface area contributed by atoms with Crippen molar-refractivity contribution in [2.45, 2.75) is 0 Å². The molecule has 0 unspecified atom stereocenters. The Morgan fingerprint density at radius 1 is 0.800 bits per heavy atom. The van der Waals surface area contributed by atoms with E-state index < -0.39 is 11.9 Å². The average molecular weight is 274 g/mol. The molecule has 0 radical (unpaired) electrons. The number of carboxylic acids is 2. The second-order valence-electron chi connectivity index (χ2n) is 3.70. The van der Waals surface area contributed by atoms with E-state index in [0.717, 1.165) is 0 Å². The number of benzene rings is 2. The molecule has 0 aliphatic carbocycles. The smallest absolute Gasteiger partial charge is 0.335 e. The third kappa shape index (κ3) is 4.81. The average Bonchev–Trinajstić information content (AvgIpc) is 2.49. The molecule has 5 heteroatoms. The van der Waals surface area contributed by atoms with Crippen LogP contribution in [0, 0.1) is 0 Å². The first kappa shape index (κ1) is 15.2. The van der Waals surface area contributed by atoms with Crippen molar-refractivity contribution in [1.29, 1.82) is 0 Å². The Hall–Kier alpha value is -2.82. The lowest BCUT2D eigenvalue weighted by Crippen LogP contribution is -1.95. The predicted octanol–water partition coefficient (Wildman–Crippen LogP) is 2.78. The van der Waals surface area contributed by atoms with E-state index in [9.17, 15) is 9.59 Å². The van der Waals surface area contributed by atoms with Gasteiger partial charge in [-0.1, -0.05) is 18.2 Å². The number of carboxylic acid groups (broad SMARTS) is 2. The van der Waals surface area contributed by atoms with Gasteiger partial charge in [0, 0.05) is 0 Å². The topological polar surface area (TPSA) is 83.8 Å². The fraction of sp³-hybridized carbons (Fsp3) is 0.0667. The highest BCUT2D eigenvalue weighted by Gasteiger charge is 2.00. The summed E-state index contributed by atoms with van der Waals surface area (Å²) in [6, 6.07) is 14.5. The standard InChI is InChI=1S/C8H8O3.C7H6O2/c1-11-7-4-2-6(3-5-7)8(9)10;8-7(9)6-4-2-1-3-5-6/h2-5H,1H3,(H,9,10);1-5H,(H,8,9). The quantitative estimate of drug-likeness (QED) is 0.899. The van der Waals surface area contributed by atoms with Crippen molar-refractivity contribution in [3.05, 3.63) is 65.7 Å². The Bertz CT molecular complexity index is 561. The van der Waals surface area contributed by atoms with E-state index in [-0.39, 0.29) is 5.56 Å². The number of ether oxygens (including phenoxy) is 1. The number of hydrogen-bond donors (Lipinski definition) is 2. The molecule has 2 rings (SSSR count). The van der Waals surface area contributed by atoms with Gasteiger partial charge in [-0.05, 0) is 36.4 Å². The SMILES string of the molecule is COc1ccc(C(=O)O)cc1.O=C(O)c1ccccc1. The molecule has 2 aromatic rings.